The Morgan fingerprint density at radius 1 is 1.48 bits per heavy atom. The molecule has 1 aliphatic rings. The Hall–Kier alpha value is -1.76. The number of rotatable bonds is 4. The molecule has 1 aliphatic heterocycles. The second kappa shape index (κ2) is 5.93. The standard InChI is InChI=1S/C14H20N2O4S/c1-4-10(2)15-14(17)13-9-16(21(3,18)19)11-7-5-6-8-12(11)20-13/h5-8,10,13H,4,9H2,1-3H3,(H,15,17)/t10-,13+/m1/s1. The number of sulfonamides is 1. The molecule has 7 heteroatoms. The lowest BCUT2D eigenvalue weighted by Crippen LogP contribution is -2.51. The molecule has 1 N–H and O–H groups in total. The normalized spacial score (nSPS) is 19.4. The Balaban J connectivity index is 2.28. The van der Waals surface area contributed by atoms with Gasteiger partial charge in [0.25, 0.3) is 5.91 Å². The molecular formula is C14H20N2O4S. The predicted molar refractivity (Wildman–Crippen MR) is 80.9 cm³/mol. The third kappa shape index (κ3) is 3.47. The molecule has 0 spiro atoms. The first-order valence-electron chi connectivity index (χ1n) is 6.86. The van der Waals surface area contributed by atoms with Crippen molar-refractivity contribution in [3.63, 3.8) is 0 Å². The highest BCUT2D eigenvalue weighted by Crippen LogP contribution is 2.34. The number of benzene rings is 1. The van der Waals surface area contributed by atoms with Crippen LogP contribution in [0.15, 0.2) is 24.3 Å². The molecule has 1 heterocycles. The van der Waals surface area contributed by atoms with E-state index in [4.69, 9.17) is 4.74 Å². The second-order valence-electron chi connectivity index (χ2n) is 5.19. The van der Waals surface area contributed by atoms with Gasteiger partial charge in [0, 0.05) is 6.04 Å². The summed E-state index contributed by atoms with van der Waals surface area (Å²) < 4.78 is 30.7. The van der Waals surface area contributed by atoms with Crippen LogP contribution in [0.25, 0.3) is 0 Å². The number of ether oxygens (including phenoxy) is 1. The highest BCUT2D eigenvalue weighted by Gasteiger charge is 2.34. The lowest BCUT2D eigenvalue weighted by atomic mass is 10.2. The summed E-state index contributed by atoms with van der Waals surface area (Å²) in [6, 6.07) is 6.83. The van der Waals surface area contributed by atoms with Gasteiger partial charge in [0.15, 0.2) is 6.10 Å². The van der Waals surface area contributed by atoms with E-state index < -0.39 is 16.1 Å². The number of hydrogen-bond donors (Lipinski definition) is 1. The molecule has 6 nitrogen and oxygen atoms in total. The van der Waals surface area contributed by atoms with Gasteiger partial charge >= 0.3 is 0 Å². The molecule has 0 saturated heterocycles. The molecule has 1 amide bonds. The summed E-state index contributed by atoms with van der Waals surface area (Å²) >= 11 is 0. The first-order valence-corrected chi connectivity index (χ1v) is 8.71. The summed E-state index contributed by atoms with van der Waals surface area (Å²) in [6.07, 6.45) is 1.08. The van der Waals surface area contributed by atoms with Crippen LogP contribution in [0.4, 0.5) is 5.69 Å². The molecular weight excluding hydrogens is 292 g/mol. The Morgan fingerprint density at radius 3 is 2.76 bits per heavy atom. The Kier molecular flexibility index (Phi) is 4.41. The van der Waals surface area contributed by atoms with Crippen LogP contribution >= 0.6 is 0 Å². The maximum absolute atomic E-state index is 12.2. The van der Waals surface area contributed by atoms with Crippen LogP contribution < -0.4 is 14.4 Å². The lowest BCUT2D eigenvalue weighted by Gasteiger charge is -2.34. The van der Waals surface area contributed by atoms with Gasteiger partial charge in [-0.1, -0.05) is 19.1 Å². The average molecular weight is 312 g/mol. The molecule has 2 atom stereocenters. The van der Waals surface area contributed by atoms with Crippen LogP contribution in [-0.2, 0) is 14.8 Å². The maximum atomic E-state index is 12.2. The van der Waals surface area contributed by atoms with Crippen LogP contribution in [0.3, 0.4) is 0 Å². The third-order valence-electron chi connectivity index (χ3n) is 3.43. The van der Waals surface area contributed by atoms with Crippen molar-refractivity contribution < 1.29 is 17.9 Å². The molecule has 2 rings (SSSR count). The quantitative estimate of drug-likeness (QED) is 0.904. The average Bonchev–Trinajstić information content (AvgIpc) is 2.44. The van der Waals surface area contributed by atoms with Crippen LogP contribution in [-0.4, -0.2) is 39.3 Å². The maximum Gasteiger partial charge on any atom is 0.263 e. The first-order chi connectivity index (χ1) is 9.82. The van der Waals surface area contributed by atoms with Gasteiger partial charge in [0.2, 0.25) is 10.0 Å². The van der Waals surface area contributed by atoms with E-state index in [0.29, 0.717) is 11.4 Å². The molecule has 0 unspecified atom stereocenters. The fourth-order valence-corrected chi connectivity index (χ4v) is 3.00. The summed E-state index contributed by atoms with van der Waals surface area (Å²) in [6.45, 7) is 3.84. The number of carbonyl (C=O) groups excluding carboxylic acids is 1. The van der Waals surface area contributed by atoms with Crippen LogP contribution in [0.1, 0.15) is 20.3 Å². The molecule has 1 aromatic rings. The van der Waals surface area contributed by atoms with Crippen molar-refractivity contribution in [1.29, 1.82) is 0 Å². The van der Waals surface area contributed by atoms with Gasteiger partial charge in [-0.15, -0.1) is 0 Å². The van der Waals surface area contributed by atoms with E-state index in [2.05, 4.69) is 5.32 Å². The fraction of sp³-hybridized carbons (Fsp3) is 0.500. The molecule has 0 aromatic heterocycles. The number of nitrogens with zero attached hydrogens (tertiary/aromatic N) is 1. The summed E-state index contributed by atoms with van der Waals surface area (Å²) in [4.78, 5) is 12.2. The van der Waals surface area contributed by atoms with Crippen LogP contribution in [0.5, 0.6) is 5.75 Å². The number of fused-ring (bicyclic) bond motifs is 1. The van der Waals surface area contributed by atoms with Gasteiger partial charge in [-0.3, -0.25) is 9.10 Å². The molecule has 0 saturated carbocycles. The number of carbonyl (C=O) groups is 1. The van der Waals surface area contributed by atoms with Gasteiger partial charge in [-0.05, 0) is 25.5 Å². The highest BCUT2D eigenvalue weighted by atomic mass is 32.2. The number of nitrogens with one attached hydrogen (secondary N) is 1. The van der Waals surface area contributed by atoms with E-state index in [1.807, 2.05) is 13.8 Å². The Bertz CT molecular complexity index is 630. The van der Waals surface area contributed by atoms with E-state index in [0.717, 1.165) is 12.7 Å². The van der Waals surface area contributed by atoms with Crippen molar-refractivity contribution in [1.82, 2.24) is 5.32 Å². The fourth-order valence-electron chi connectivity index (χ4n) is 2.09. The van der Waals surface area contributed by atoms with Crippen molar-refractivity contribution in [2.24, 2.45) is 0 Å². The van der Waals surface area contributed by atoms with Crippen molar-refractivity contribution in [3.8, 4) is 5.75 Å². The van der Waals surface area contributed by atoms with Crippen molar-refractivity contribution in [3.05, 3.63) is 24.3 Å². The summed E-state index contributed by atoms with van der Waals surface area (Å²) in [7, 11) is -3.47. The molecule has 21 heavy (non-hydrogen) atoms. The lowest BCUT2D eigenvalue weighted by molar-refractivity contribution is -0.128. The zero-order chi connectivity index (χ0) is 15.6. The summed E-state index contributed by atoms with van der Waals surface area (Å²) in [5.41, 5.74) is 0.465. The molecule has 0 aliphatic carbocycles. The van der Waals surface area contributed by atoms with E-state index in [1.54, 1.807) is 24.3 Å². The van der Waals surface area contributed by atoms with Gasteiger partial charge in [-0.25, -0.2) is 8.42 Å². The van der Waals surface area contributed by atoms with Gasteiger partial charge in [0.05, 0.1) is 18.5 Å². The minimum atomic E-state index is -3.47. The number of anilines is 1. The Labute approximate surface area is 125 Å². The number of amides is 1. The van der Waals surface area contributed by atoms with Crippen molar-refractivity contribution >= 4 is 21.6 Å². The summed E-state index contributed by atoms with van der Waals surface area (Å²) in [5.74, 6) is 0.103. The molecule has 116 valence electrons. The Morgan fingerprint density at radius 2 is 2.14 bits per heavy atom. The second-order valence-corrected chi connectivity index (χ2v) is 7.09. The zero-order valence-corrected chi connectivity index (χ0v) is 13.2. The van der Waals surface area contributed by atoms with E-state index in [-0.39, 0.29) is 18.5 Å². The zero-order valence-electron chi connectivity index (χ0n) is 12.4. The van der Waals surface area contributed by atoms with Crippen LogP contribution in [0.2, 0.25) is 0 Å². The SMILES string of the molecule is CC[C@@H](C)NC(=O)[C@@H]1CN(S(C)(=O)=O)c2ccccc2O1. The predicted octanol–water partition coefficient (Wildman–Crippen LogP) is 1.13. The topological polar surface area (TPSA) is 75.7 Å². The smallest absolute Gasteiger partial charge is 0.263 e. The minimum absolute atomic E-state index is 0.0158. The van der Waals surface area contributed by atoms with E-state index >= 15 is 0 Å². The van der Waals surface area contributed by atoms with Crippen LogP contribution in [0, 0.1) is 0 Å². The van der Waals surface area contributed by atoms with E-state index in [9.17, 15) is 13.2 Å². The van der Waals surface area contributed by atoms with Gasteiger partial charge < -0.3 is 10.1 Å². The first kappa shape index (κ1) is 15.6. The minimum Gasteiger partial charge on any atom is -0.476 e. The van der Waals surface area contributed by atoms with Crippen molar-refractivity contribution in [2.45, 2.75) is 32.4 Å². The van der Waals surface area contributed by atoms with Gasteiger partial charge in [-0.2, -0.15) is 0 Å². The molecule has 0 radical (unpaired) electrons. The van der Waals surface area contributed by atoms with Gasteiger partial charge in [0.1, 0.15) is 5.75 Å². The molecule has 0 fully saturated rings. The summed E-state index contributed by atoms with van der Waals surface area (Å²) in [5, 5.41) is 2.82. The number of hydrogen-bond acceptors (Lipinski definition) is 4. The van der Waals surface area contributed by atoms with Crippen molar-refractivity contribution in [2.75, 3.05) is 17.1 Å². The highest BCUT2D eigenvalue weighted by molar-refractivity contribution is 7.92. The molecule has 1 aromatic carbocycles. The molecule has 0 bridgehead atoms. The largest absolute Gasteiger partial charge is 0.476 e. The number of para-hydroxylation sites is 2. The monoisotopic (exact) mass is 312 g/mol. The van der Waals surface area contributed by atoms with E-state index in [1.165, 1.54) is 4.31 Å². The third-order valence-corrected chi connectivity index (χ3v) is 4.58.